The van der Waals surface area contributed by atoms with Crippen LogP contribution in [0.1, 0.15) is 23.3 Å². The largest absolute Gasteiger partial charge is 0.384 e. The first-order valence-electron chi connectivity index (χ1n) is 5.43. The predicted octanol–water partition coefficient (Wildman–Crippen LogP) is 1.31. The van der Waals surface area contributed by atoms with Gasteiger partial charge in [-0.05, 0) is 5.56 Å². The second-order valence-electron chi connectivity index (χ2n) is 3.68. The third-order valence-electron chi connectivity index (χ3n) is 2.44. The monoisotopic (exact) mass is 233 g/mol. The van der Waals surface area contributed by atoms with Gasteiger partial charge in [0.15, 0.2) is 5.82 Å². The molecule has 0 saturated heterocycles. The minimum Gasteiger partial charge on any atom is -0.384 e. The molecule has 1 atom stereocenters. The van der Waals surface area contributed by atoms with Gasteiger partial charge in [-0.3, -0.25) is 0 Å². The zero-order valence-corrected chi connectivity index (χ0v) is 9.67. The first kappa shape index (κ1) is 11.8. The van der Waals surface area contributed by atoms with Crippen LogP contribution in [0.4, 0.5) is 0 Å². The van der Waals surface area contributed by atoms with E-state index < -0.39 is 0 Å². The molecule has 1 aromatic heterocycles. The van der Waals surface area contributed by atoms with E-state index in [-0.39, 0.29) is 6.04 Å². The molecular formula is C12H15N3O2. The van der Waals surface area contributed by atoms with E-state index in [1.807, 2.05) is 30.3 Å². The van der Waals surface area contributed by atoms with E-state index in [9.17, 15) is 0 Å². The number of aromatic nitrogens is 2. The van der Waals surface area contributed by atoms with Crippen LogP contribution >= 0.6 is 0 Å². The lowest BCUT2D eigenvalue weighted by Gasteiger charge is -2.05. The Morgan fingerprint density at radius 1 is 1.35 bits per heavy atom. The molecule has 0 aliphatic carbocycles. The van der Waals surface area contributed by atoms with Crippen LogP contribution in [0.3, 0.4) is 0 Å². The average molecular weight is 233 g/mol. The van der Waals surface area contributed by atoms with E-state index in [0.29, 0.717) is 24.7 Å². The van der Waals surface area contributed by atoms with Crippen molar-refractivity contribution in [3.63, 3.8) is 0 Å². The quantitative estimate of drug-likeness (QED) is 0.842. The minimum absolute atomic E-state index is 0.375. The summed E-state index contributed by atoms with van der Waals surface area (Å²) < 4.78 is 10.1. The smallest absolute Gasteiger partial charge is 0.248 e. The SMILES string of the molecule is COCCc1noc([C@H](N)c2ccccc2)n1. The summed E-state index contributed by atoms with van der Waals surface area (Å²) in [4.78, 5) is 4.24. The molecule has 2 aromatic rings. The number of nitrogens with two attached hydrogens (primary N) is 1. The van der Waals surface area contributed by atoms with Gasteiger partial charge in [0.25, 0.3) is 0 Å². The number of nitrogens with zero attached hydrogens (tertiary/aromatic N) is 2. The van der Waals surface area contributed by atoms with Crippen LogP contribution in [0.25, 0.3) is 0 Å². The summed E-state index contributed by atoms with van der Waals surface area (Å²) in [5.74, 6) is 1.05. The maximum Gasteiger partial charge on any atom is 0.248 e. The standard InChI is InChI=1S/C12H15N3O2/c1-16-8-7-10-14-12(17-15-10)11(13)9-5-3-2-4-6-9/h2-6,11H,7-8,13H2,1H3/t11-/m1/s1. The van der Waals surface area contributed by atoms with Gasteiger partial charge >= 0.3 is 0 Å². The van der Waals surface area contributed by atoms with Gasteiger partial charge in [0.05, 0.1) is 6.61 Å². The van der Waals surface area contributed by atoms with Crippen molar-refractivity contribution < 1.29 is 9.26 Å². The fourth-order valence-corrected chi connectivity index (χ4v) is 1.49. The van der Waals surface area contributed by atoms with Crippen LogP contribution in [0.15, 0.2) is 34.9 Å². The van der Waals surface area contributed by atoms with Crippen molar-refractivity contribution in [1.29, 1.82) is 0 Å². The number of rotatable bonds is 5. The highest BCUT2D eigenvalue weighted by atomic mass is 16.5. The van der Waals surface area contributed by atoms with Crippen molar-refractivity contribution in [2.75, 3.05) is 13.7 Å². The van der Waals surface area contributed by atoms with Crippen molar-refractivity contribution >= 4 is 0 Å². The fraction of sp³-hybridized carbons (Fsp3) is 0.333. The molecule has 2 rings (SSSR count). The Morgan fingerprint density at radius 3 is 2.82 bits per heavy atom. The molecular weight excluding hydrogens is 218 g/mol. The van der Waals surface area contributed by atoms with Gasteiger partial charge in [-0.15, -0.1) is 0 Å². The summed E-state index contributed by atoms with van der Waals surface area (Å²) in [5, 5.41) is 3.85. The summed E-state index contributed by atoms with van der Waals surface area (Å²) >= 11 is 0. The highest BCUT2D eigenvalue weighted by Gasteiger charge is 2.16. The first-order valence-corrected chi connectivity index (χ1v) is 5.43. The normalized spacial score (nSPS) is 12.6. The zero-order chi connectivity index (χ0) is 12.1. The van der Waals surface area contributed by atoms with E-state index in [2.05, 4.69) is 10.1 Å². The first-order chi connectivity index (χ1) is 8.31. The van der Waals surface area contributed by atoms with Gasteiger partial charge in [-0.2, -0.15) is 4.98 Å². The van der Waals surface area contributed by atoms with E-state index in [4.69, 9.17) is 15.0 Å². The summed E-state index contributed by atoms with van der Waals surface area (Å²) in [6, 6.07) is 9.29. The summed E-state index contributed by atoms with van der Waals surface area (Å²) in [7, 11) is 1.64. The van der Waals surface area contributed by atoms with Gasteiger partial charge in [0.2, 0.25) is 5.89 Å². The molecule has 1 heterocycles. The fourth-order valence-electron chi connectivity index (χ4n) is 1.49. The Kier molecular flexibility index (Phi) is 3.85. The van der Waals surface area contributed by atoms with E-state index >= 15 is 0 Å². The Bertz CT molecular complexity index is 456. The number of ether oxygens (including phenoxy) is 1. The summed E-state index contributed by atoms with van der Waals surface area (Å²) in [5.41, 5.74) is 6.98. The van der Waals surface area contributed by atoms with Crippen molar-refractivity contribution in [3.8, 4) is 0 Å². The minimum atomic E-state index is -0.375. The maximum absolute atomic E-state index is 6.03. The van der Waals surface area contributed by atoms with Crippen molar-refractivity contribution in [1.82, 2.24) is 10.1 Å². The van der Waals surface area contributed by atoms with Crippen LogP contribution < -0.4 is 5.73 Å². The molecule has 90 valence electrons. The molecule has 0 amide bonds. The van der Waals surface area contributed by atoms with Crippen LogP contribution in [0.5, 0.6) is 0 Å². The predicted molar refractivity (Wildman–Crippen MR) is 62.4 cm³/mol. The molecule has 5 nitrogen and oxygen atoms in total. The third kappa shape index (κ3) is 2.89. The van der Waals surface area contributed by atoms with Gasteiger partial charge in [-0.1, -0.05) is 35.5 Å². The summed E-state index contributed by atoms with van der Waals surface area (Å²) in [6.45, 7) is 0.569. The summed E-state index contributed by atoms with van der Waals surface area (Å²) in [6.07, 6.45) is 0.626. The Morgan fingerprint density at radius 2 is 2.12 bits per heavy atom. The number of hydrogen-bond donors (Lipinski definition) is 1. The molecule has 0 aliphatic heterocycles. The molecule has 0 fully saturated rings. The van der Waals surface area contributed by atoms with Crippen LogP contribution in [-0.4, -0.2) is 23.9 Å². The lowest BCUT2D eigenvalue weighted by Crippen LogP contribution is -2.12. The van der Waals surface area contributed by atoms with E-state index in [0.717, 1.165) is 5.56 Å². The van der Waals surface area contributed by atoms with Crippen LogP contribution in [-0.2, 0) is 11.2 Å². The van der Waals surface area contributed by atoms with Gasteiger partial charge < -0.3 is 15.0 Å². The molecule has 5 heteroatoms. The van der Waals surface area contributed by atoms with Gasteiger partial charge in [0.1, 0.15) is 6.04 Å². The Hall–Kier alpha value is -1.72. The maximum atomic E-state index is 6.03. The molecule has 0 radical (unpaired) electrons. The van der Waals surface area contributed by atoms with Crippen molar-refractivity contribution in [3.05, 3.63) is 47.6 Å². The van der Waals surface area contributed by atoms with Crippen LogP contribution in [0.2, 0.25) is 0 Å². The Labute approximate surface area is 99.6 Å². The van der Waals surface area contributed by atoms with Gasteiger partial charge in [0, 0.05) is 13.5 Å². The molecule has 0 unspecified atom stereocenters. The lowest BCUT2D eigenvalue weighted by molar-refractivity contribution is 0.199. The molecule has 0 spiro atoms. The molecule has 2 N–H and O–H groups in total. The van der Waals surface area contributed by atoms with Crippen molar-refractivity contribution in [2.45, 2.75) is 12.5 Å². The average Bonchev–Trinajstić information content (AvgIpc) is 2.85. The lowest BCUT2D eigenvalue weighted by atomic mass is 10.1. The number of methoxy groups -OCH3 is 1. The molecule has 1 aromatic carbocycles. The van der Waals surface area contributed by atoms with Crippen LogP contribution in [0, 0.1) is 0 Å². The molecule has 0 aliphatic rings. The molecule has 0 saturated carbocycles. The molecule has 0 bridgehead atoms. The topological polar surface area (TPSA) is 74.2 Å². The van der Waals surface area contributed by atoms with E-state index in [1.165, 1.54) is 0 Å². The third-order valence-corrected chi connectivity index (χ3v) is 2.44. The molecule has 17 heavy (non-hydrogen) atoms. The van der Waals surface area contributed by atoms with Crippen molar-refractivity contribution in [2.24, 2.45) is 5.73 Å². The number of hydrogen-bond acceptors (Lipinski definition) is 5. The second-order valence-corrected chi connectivity index (χ2v) is 3.68. The van der Waals surface area contributed by atoms with Gasteiger partial charge in [-0.25, -0.2) is 0 Å². The highest BCUT2D eigenvalue weighted by Crippen LogP contribution is 2.17. The zero-order valence-electron chi connectivity index (χ0n) is 9.67. The highest BCUT2D eigenvalue weighted by molar-refractivity contribution is 5.22. The number of benzene rings is 1. The Balaban J connectivity index is 2.09. The second kappa shape index (κ2) is 5.56. The van der Waals surface area contributed by atoms with E-state index in [1.54, 1.807) is 7.11 Å².